The van der Waals surface area contributed by atoms with Gasteiger partial charge >= 0.3 is 7.12 Å². The summed E-state index contributed by atoms with van der Waals surface area (Å²) in [6.07, 6.45) is 0. The predicted molar refractivity (Wildman–Crippen MR) is 123 cm³/mol. The van der Waals surface area contributed by atoms with Crippen molar-refractivity contribution in [1.82, 2.24) is 0 Å². The average Bonchev–Trinajstić information content (AvgIpc) is 2.84. The van der Waals surface area contributed by atoms with Crippen molar-refractivity contribution in [2.75, 3.05) is 0 Å². The molecule has 3 rings (SSSR count). The molecule has 0 radical (unpaired) electrons. The molecule has 0 aliphatic carbocycles. The van der Waals surface area contributed by atoms with E-state index in [4.69, 9.17) is 9.31 Å². The van der Waals surface area contributed by atoms with Crippen molar-refractivity contribution in [3.63, 3.8) is 0 Å². The summed E-state index contributed by atoms with van der Waals surface area (Å²) in [4.78, 5) is 0. The Labute approximate surface area is 172 Å². The summed E-state index contributed by atoms with van der Waals surface area (Å²) >= 11 is 0. The first-order valence-corrected chi connectivity index (χ1v) is 13.2. The molecule has 2 nitrogen and oxygen atoms in total. The minimum Gasteiger partial charge on any atom is -0.399 e. The SMILES string of the molecule is C/C(=C(\B1OC(C)(C)C(C)(C)O1)c1ccc(C)cc1)[Si](C)(C)c1ccccc1. The minimum absolute atomic E-state index is 0.355. The summed E-state index contributed by atoms with van der Waals surface area (Å²) in [5, 5.41) is 2.83. The molecule has 2 aromatic carbocycles. The Morgan fingerprint density at radius 3 is 1.82 bits per heavy atom. The summed E-state index contributed by atoms with van der Waals surface area (Å²) in [5.74, 6) is 0. The third-order valence-electron chi connectivity index (χ3n) is 6.69. The van der Waals surface area contributed by atoms with Crippen molar-refractivity contribution >= 4 is 25.9 Å². The summed E-state index contributed by atoms with van der Waals surface area (Å²) in [5.41, 5.74) is 2.94. The van der Waals surface area contributed by atoms with Gasteiger partial charge in [0, 0.05) is 0 Å². The second kappa shape index (κ2) is 7.33. The first-order valence-electron chi connectivity index (χ1n) is 10.2. The van der Waals surface area contributed by atoms with Crippen LogP contribution < -0.4 is 5.19 Å². The molecule has 1 aliphatic heterocycles. The highest BCUT2D eigenvalue weighted by atomic mass is 28.3. The summed E-state index contributed by atoms with van der Waals surface area (Å²) in [7, 11) is -2.24. The summed E-state index contributed by atoms with van der Waals surface area (Å²) in [6, 6.07) is 19.6. The van der Waals surface area contributed by atoms with Gasteiger partial charge in [-0.2, -0.15) is 0 Å². The van der Waals surface area contributed by atoms with Gasteiger partial charge in [-0.3, -0.25) is 0 Å². The van der Waals surface area contributed by atoms with Crippen LogP contribution in [-0.4, -0.2) is 26.4 Å². The Morgan fingerprint density at radius 2 is 1.32 bits per heavy atom. The standard InChI is InChI=1S/C24H33BO2Si/c1-18-14-16-20(17-15-18)22(25-26-23(3,4)24(5,6)27-25)19(2)28(7,8)21-12-10-9-11-13-21/h9-17H,1-8H3/b22-19+. The van der Waals surface area contributed by atoms with Crippen molar-refractivity contribution in [1.29, 1.82) is 0 Å². The second-order valence-corrected chi connectivity index (χ2v) is 14.1. The van der Waals surface area contributed by atoms with Gasteiger partial charge in [-0.25, -0.2) is 0 Å². The van der Waals surface area contributed by atoms with Crippen LogP contribution in [0.5, 0.6) is 0 Å². The van der Waals surface area contributed by atoms with E-state index in [0.717, 1.165) is 0 Å². The number of rotatable bonds is 4. The predicted octanol–water partition coefficient (Wildman–Crippen LogP) is 5.55. The van der Waals surface area contributed by atoms with Crippen LogP contribution in [0.4, 0.5) is 0 Å². The lowest BCUT2D eigenvalue weighted by atomic mass is 9.73. The smallest absolute Gasteiger partial charge is 0.399 e. The Balaban J connectivity index is 2.16. The molecule has 0 N–H and O–H groups in total. The van der Waals surface area contributed by atoms with Crippen LogP contribution >= 0.6 is 0 Å². The van der Waals surface area contributed by atoms with Crippen LogP contribution in [0, 0.1) is 6.92 Å². The highest BCUT2D eigenvalue weighted by molar-refractivity contribution is 6.98. The summed E-state index contributed by atoms with van der Waals surface area (Å²) in [6.45, 7) is 17.7. The van der Waals surface area contributed by atoms with E-state index in [2.05, 4.69) is 109 Å². The Morgan fingerprint density at radius 1 is 0.821 bits per heavy atom. The fourth-order valence-corrected chi connectivity index (χ4v) is 6.03. The molecule has 0 aromatic heterocycles. The molecule has 1 heterocycles. The number of hydrogen-bond acceptors (Lipinski definition) is 2. The van der Waals surface area contributed by atoms with Gasteiger partial charge in [-0.1, -0.05) is 83.6 Å². The van der Waals surface area contributed by atoms with E-state index in [1.165, 1.54) is 27.0 Å². The topological polar surface area (TPSA) is 18.5 Å². The number of benzene rings is 2. The Kier molecular flexibility index (Phi) is 5.52. The number of allylic oxidation sites excluding steroid dienone is 1. The number of hydrogen-bond donors (Lipinski definition) is 0. The van der Waals surface area contributed by atoms with Crippen LogP contribution in [0.25, 0.3) is 5.47 Å². The van der Waals surface area contributed by atoms with Crippen LogP contribution in [0.15, 0.2) is 59.8 Å². The number of aryl methyl sites for hydroxylation is 1. The van der Waals surface area contributed by atoms with Crippen molar-refractivity contribution in [2.24, 2.45) is 0 Å². The first kappa shape index (κ1) is 21.1. The third-order valence-corrected chi connectivity index (χ3v) is 10.6. The largest absolute Gasteiger partial charge is 0.495 e. The van der Waals surface area contributed by atoms with Crippen LogP contribution in [0.3, 0.4) is 0 Å². The van der Waals surface area contributed by atoms with Gasteiger partial charge in [-0.15, -0.1) is 0 Å². The van der Waals surface area contributed by atoms with Gasteiger partial charge in [0.15, 0.2) is 0 Å². The molecule has 0 unspecified atom stereocenters. The van der Waals surface area contributed by atoms with Gasteiger partial charge in [0.1, 0.15) is 8.07 Å². The first-order chi connectivity index (χ1) is 13.0. The van der Waals surface area contributed by atoms with E-state index in [-0.39, 0.29) is 18.3 Å². The van der Waals surface area contributed by atoms with Gasteiger partial charge in [0.25, 0.3) is 0 Å². The zero-order chi connectivity index (χ0) is 20.7. The van der Waals surface area contributed by atoms with Crippen LogP contribution in [0.2, 0.25) is 13.1 Å². The monoisotopic (exact) mass is 392 g/mol. The molecule has 148 valence electrons. The quantitative estimate of drug-likeness (QED) is 0.635. The molecule has 1 fully saturated rings. The third kappa shape index (κ3) is 3.78. The molecule has 0 atom stereocenters. The molecule has 0 spiro atoms. The van der Waals surface area contributed by atoms with Gasteiger partial charge in [0.2, 0.25) is 0 Å². The lowest BCUT2D eigenvalue weighted by molar-refractivity contribution is 0.00578. The maximum Gasteiger partial charge on any atom is 0.495 e. The Hall–Kier alpha value is -1.62. The molecule has 1 aliphatic rings. The molecule has 0 saturated carbocycles. The van der Waals surface area contributed by atoms with E-state index in [1.807, 2.05) is 0 Å². The zero-order valence-corrected chi connectivity index (χ0v) is 19.6. The fraction of sp³-hybridized carbons (Fsp3) is 0.417. The molecule has 28 heavy (non-hydrogen) atoms. The molecule has 0 amide bonds. The van der Waals surface area contributed by atoms with E-state index >= 15 is 0 Å². The van der Waals surface area contributed by atoms with E-state index < -0.39 is 8.07 Å². The van der Waals surface area contributed by atoms with Crippen LogP contribution in [0.1, 0.15) is 45.7 Å². The van der Waals surface area contributed by atoms with Crippen LogP contribution in [-0.2, 0) is 9.31 Å². The van der Waals surface area contributed by atoms with Crippen molar-refractivity contribution in [3.05, 3.63) is 70.9 Å². The van der Waals surface area contributed by atoms with E-state index in [1.54, 1.807) is 0 Å². The van der Waals surface area contributed by atoms with Crippen molar-refractivity contribution < 1.29 is 9.31 Å². The molecule has 4 heteroatoms. The highest BCUT2D eigenvalue weighted by Gasteiger charge is 2.53. The summed E-state index contributed by atoms with van der Waals surface area (Å²) < 4.78 is 13.0. The molecular weight excluding hydrogens is 359 g/mol. The maximum absolute atomic E-state index is 6.51. The van der Waals surface area contributed by atoms with Crippen molar-refractivity contribution in [3.8, 4) is 0 Å². The van der Waals surface area contributed by atoms with Crippen molar-refractivity contribution in [2.45, 2.75) is 65.8 Å². The zero-order valence-electron chi connectivity index (χ0n) is 18.6. The lowest BCUT2D eigenvalue weighted by Crippen LogP contribution is -2.44. The van der Waals surface area contributed by atoms with E-state index in [0.29, 0.717) is 0 Å². The fourth-order valence-electron chi connectivity index (χ4n) is 3.63. The maximum atomic E-state index is 6.51. The molecule has 2 aromatic rings. The van der Waals surface area contributed by atoms with E-state index in [9.17, 15) is 0 Å². The molecule has 0 bridgehead atoms. The lowest BCUT2D eigenvalue weighted by Gasteiger charge is -2.32. The van der Waals surface area contributed by atoms with Gasteiger partial charge in [-0.05, 0) is 52.6 Å². The normalized spacial score (nSPS) is 19.5. The second-order valence-electron chi connectivity index (χ2n) is 9.48. The Bertz CT molecular complexity index is 851. The van der Waals surface area contributed by atoms with Gasteiger partial charge in [0.05, 0.1) is 11.2 Å². The highest BCUT2D eigenvalue weighted by Crippen LogP contribution is 2.42. The minimum atomic E-state index is -1.88. The molecule has 1 saturated heterocycles. The van der Waals surface area contributed by atoms with Gasteiger partial charge < -0.3 is 9.31 Å². The average molecular weight is 392 g/mol. The molecular formula is C24H33BO2Si.